The summed E-state index contributed by atoms with van der Waals surface area (Å²) in [7, 11) is 0. The number of carbonyl (C=O) groups excluding carboxylic acids is 1. The van der Waals surface area contributed by atoms with Crippen LogP contribution in [-0.4, -0.2) is 5.43 Å². The van der Waals surface area contributed by atoms with E-state index in [2.05, 4.69) is 34.6 Å². The average Bonchev–Trinajstić information content (AvgIpc) is 2.13. The Morgan fingerprint density at radius 1 is 1.11 bits per heavy atom. The third kappa shape index (κ3) is 4.69. The Morgan fingerprint density at radius 2 is 1.61 bits per heavy atom. The van der Waals surface area contributed by atoms with Crippen molar-refractivity contribution < 1.29 is 9.53 Å². The Hall–Kier alpha value is -1.02. The Bertz CT molecular complexity index is 413. The van der Waals surface area contributed by atoms with Crippen molar-refractivity contribution in [2.24, 2.45) is 5.41 Å². The highest BCUT2D eigenvalue weighted by Gasteiger charge is 2.27. The Labute approximate surface area is 114 Å². The van der Waals surface area contributed by atoms with Crippen molar-refractivity contribution >= 4 is 17.0 Å². The summed E-state index contributed by atoms with van der Waals surface area (Å²) in [6, 6.07) is 7.53. The molecular weight excluding hydrogens is 248 g/mol. The molecule has 0 saturated heterocycles. The minimum atomic E-state index is -0.809. The molecule has 0 fully saturated rings. The van der Waals surface area contributed by atoms with E-state index in [9.17, 15) is 4.79 Å². The molecule has 0 atom stereocenters. The van der Waals surface area contributed by atoms with E-state index in [1.165, 1.54) is 5.56 Å². The van der Waals surface area contributed by atoms with Crippen molar-refractivity contribution in [1.29, 1.82) is 0 Å². The second kappa shape index (κ2) is 5.31. The molecule has 0 bridgehead atoms. The molecule has 0 unspecified atom stereocenters. The lowest BCUT2D eigenvalue weighted by Crippen LogP contribution is -2.24. The molecule has 0 N–H and O–H groups in total. The van der Waals surface area contributed by atoms with Gasteiger partial charge in [0, 0.05) is 11.6 Å². The molecule has 3 heteroatoms. The smallest absolute Gasteiger partial charge is 0.409 e. The van der Waals surface area contributed by atoms with Crippen LogP contribution >= 0.6 is 11.6 Å². The lowest BCUT2D eigenvalue weighted by atomic mass is 9.72. The van der Waals surface area contributed by atoms with Crippen molar-refractivity contribution in [2.75, 3.05) is 0 Å². The molecule has 0 amide bonds. The Kier molecular flexibility index (Phi) is 4.44. The minimum absolute atomic E-state index is 0.0851. The molecule has 0 aliphatic carbocycles. The first-order chi connectivity index (χ1) is 8.10. The van der Waals surface area contributed by atoms with Gasteiger partial charge in [0.25, 0.3) is 0 Å². The predicted molar refractivity (Wildman–Crippen MR) is 75.4 cm³/mol. The average molecular weight is 269 g/mol. The van der Waals surface area contributed by atoms with E-state index >= 15 is 0 Å². The Balaban J connectivity index is 2.87. The summed E-state index contributed by atoms with van der Waals surface area (Å²) in [5.41, 5.74) is 0.774. The summed E-state index contributed by atoms with van der Waals surface area (Å²) in [6.45, 7) is 11.1. The zero-order chi connectivity index (χ0) is 14.0. The van der Waals surface area contributed by atoms with Crippen LogP contribution < -0.4 is 4.74 Å². The number of rotatable bonds is 3. The fourth-order valence-electron chi connectivity index (χ4n) is 2.49. The molecule has 1 aromatic carbocycles. The first kappa shape index (κ1) is 15.0. The van der Waals surface area contributed by atoms with Gasteiger partial charge in [0.05, 0.1) is 0 Å². The predicted octanol–water partition coefficient (Wildman–Crippen LogP) is 5.14. The molecule has 0 radical (unpaired) electrons. The van der Waals surface area contributed by atoms with Crippen LogP contribution in [0.3, 0.4) is 0 Å². The van der Waals surface area contributed by atoms with Gasteiger partial charge in [0.1, 0.15) is 5.75 Å². The van der Waals surface area contributed by atoms with Crippen LogP contribution in [0.25, 0.3) is 0 Å². The monoisotopic (exact) mass is 268 g/mol. The number of halogens is 1. The van der Waals surface area contributed by atoms with Crippen LogP contribution in [0.5, 0.6) is 5.75 Å². The van der Waals surface area contributed by atoms with Gasteiger partial charge < -0.3 is 4.74 Å². The highest BCUT2D eigenvalue weighted by Crippen LogP contribution is 2.36. The van der Waals surface area contributed by atoms with Gasteiger partial charge in [-0.15, -0.1) is 0 Å². The molecule has 0 aromatic heterocycles. The van der Waals surface area contributed by atoms with Crippen LogP contribution in [0, 0.1) is 5.41 Å². The van der Waals surface area contributed by atoms with Gasteiger partial charge in [-0.2, -0.15) is 0 Å². The van der Waals surface area contributed by atoms with Crippen LogP contribution in [-0.2, 0) is 5.41 Å². The van der Waals surface area contributed by atoms with E-state index in [-0.39, 0.29) is 10.8 Å². The number of ether oxygens (including phenoxy) is 1. The van der Waals surface area contributed by atoms with Gasteiger partial charge in [0.2, 0.25) is 0 Å². The standard InChI is InChI=1S/C15H21ClO2/c1-14(2,3)10-15(4,5)11-6-8-12(9-7-11)18-13(16)17/h6-9H,10H2,1-5H3. The van der Waals surface area contributed by atoms with Crippen LogP contribution in [0.4, 0.5) is 4.79 Å². The highest BCUT2D eigenvalue weighted by atomic mass is 35.5. The summed E-state index contributed by atoms with van der Waals surface area (Å²) >= 11 is 5.17. The van der Waals surface area contributed by atoms with E-state index in [0.717, 1.165) is 6.42 Å². The molecule has 1 aromatic rings. The van der Waals surface area contributed by atoms with Crippen molar-refractivity contribution in [2.45, 2.75) is 46.5 Å². The summed E-state index contributed by atoms with van der Waals surface area (Å²) < 4.78 is 4.81. The summed E-state index contributed by atoms with van der Waals surface area (Å²) in [4.78, 5) is 10.6. The summed E-state index contributed by atoms with van der Waals surface area (Å²) in [5, 5.41) is 0. The van der Waals surface area contributed by atoms with Crippen LogP contribution in [0.15, 0.2) is 24.3 Å². The van der Waals surface area contributed by atoms with Gasteiger partial charge in [-0.1, -0.05) is 46.8 Å². The molecule has 18 heavy (non-hydrogen) atoms. The molecular formula is C15H21ClO2. The van der Waals surface area contributed by atoms with Crippen LogP contribution in [0.1, 0.15) is 46.6 Å². The van der Waals surface area contributed by atoms with Gasteiger partial charge in [0.15, 0.2) is 0 Å². The van der Waals surface area contributed by atoms with E-state index in [1.807, 2.05) is 12.1 Å². The lowest BCUT2D eigenvalue weighted by molar-refractivity contribution is 0.225. The highest BCUT2D eigenvalue weighted by molar-refractivity contribution is 6.61. The largest absolute Gasteiger partial charge is 0.415 e. The molecule has 1 rings (SSSR count). The molecule has 0 heterocycles. The number of hydrogen-bond acceptors (Lipinski definition) is 2. The van der Waals surface area contributed by atoms with E-state index in [0.29, 0.717) is 5.75 Å². The van der Waals surface area contributed by atoms with Gasteiger partial charge in [-0.25, -0.2) is 4.79 Å². The second-order valence-electron chi connectivity index (χ2n) is 6.49. The number of benzene rings is 1. The molecule has 0 aliphatic rings. The van der Waals surface area contributed by atoms with Crippen LogP contribution in [0.2, 0.25) is 0 Å². The topological polar surface area (TPSA) is 26.3 Å². The molecule has 2 nitrogen and oxygen atoms in total. The molecule has 0 spiro atoms. The normalized spacial score (nSPS) is 12.3. The molecule has 0 aliphatic heterocycles. The van der Waals surface area contributed by atoms with E-state index in [4.69, 9.17) is 16.3 Å². The van der Waals surface area contributed by atoms with E-state index in [1.54, 1.807) is 12.1 Å². The molecule has 0 saturated carbocycles. The first-order valence-electron chi connectivity index (χ1n) is 6.08. The third-order valence-electron chi connectivity index (χ3n) is 2.81. The second-order valence-corrected chi connectivity index (χ2v) is 6.79. The van der Waals surface area contributed by atoms with Gasteiger partial charge in [-0.05, 0) is 34.9 Å². The van der Waals surface area contributed by atoms with Crippen molar-refractivity contribution in [3.8, 4) is 5.75 Å². The fraction of sp³-hybridized carbons (Fsp3) is 0.533. The van der Waals surface area contributed by atoms with Crippen molar-refractivity contribution in [1.82, 2.24) is 0 Å². The summed E-state index contributed by atoms with van der Waals surface area (Å²) in [5.74, 6) is 0.477. The molecule has 100 valence electrons. The fourth-order valence-corrected chi connectivity index (χ4v) is 2.58. The third-order valence-corrected chi connectivity index (χ3v) is 2.88. The zero-order valence-electron chi connectivity index (χ0n) is 11.7. The maximum absolute atomic E-state index is 10.6. The zero-order valence-corrected chi connectivity index (χ0v) is 12.5. The van der Waals surface area contributed by atoms with Crippen molar-refractivity contribution in [3.63, 3.8) is 0 Å². The maximum atomic E-state index is 10.6. The minimum Gasteiger partial charge on any atom is -0.415 e. The number of carbonyl (C=O) groups is 1. The Morgan fingerprint density at radius 3 is 2.00 bits per heavy atom. The quantitative estimate of drug-likeness (QED) is 0.710. The van der Waals surface area contributed by atoms with E-state index < -0.39 is 5.43 Å². The SMILES string of the molecule is CC(C)(C)CC(C)(C)c1ccc(OC(=O)Cl)cc1. The van der Waals surface area contributed by atoms with Gasteiger partial charge >= 0.3 is 5.43 Å². The van der Waals surface area contributed by atoms with Gasteiger partial charge in [-0.3, -0.25) is 0 Å². The number of hydrogen-bond donors (Lipinski definition) is 0. The first-order valence-corrected chi connectivity index (χ1v) is 6.46. The lowest BCUT2D eigenvalue weighted by Gasteiger charge is -2.33. The maximum Gasteiger partial charge on any atom is 0.409 e. The van der Waals surface area contributed by atoms with Crippen molar-refractivity contribution in [3.05, 3.63) is 29.8 Å². The summed E-state index contributed by atoms with van der Waals surface area (Å²) in [6.07, 6.45) is 1.08.